The zero-order valence-corrected chi connectivity index (χ0v) is 24.0. The number of rotatable bonds is 13. The number of nitrogens with zero attached hydrogens (tertiary/aromatic N) is 4. The summed E-state index contributed by atoms with van der Waals surface area (Å²) in [6, 6.07) is 30.0. The van der Waals surface area contributed by atoms with Crippen molar-refractivity contribution >= 4 is 17.5 Å². The summed E-state index contributed by atoms with van der Waals surface area (Å²) in [4.78, 5) is 22.3. The molecule has 10 heteroatoms. The zero-order valence-electron chi connectivity index (χ0n) is 24.0. The lowest BCUT2D eigenvalue weighted by atomic mass is 9.81. The molecule has 44 heavy (non-hydrogen) atoms. The van der Waals surface area contributed by atoms with Crippen molar-refractivity contribution in [1.29, 1.82) is 0 Å². The lowest BCUT2D eigenvalue weighted by Crippen LogP contribution is -2.50. The molecule has 2 N–H and O–H groups in total. The fraction of sp³-hybridized carbons (Fsp3) is 0.235. The van der Waals surface area contributed by atoms with E-state index in [1.165, 1.54) is 6.07 Å². The molecule has 0 spiro atoms. The summed E-state index contributed by atoms with van der Waals surface area (Å²) >= 11 is 0. The molecule has 5 rings (SSSR count). The van der Waals surface area contributed by atoms with Crippen LogP contribution in [-0.4, -0.2) is 42.2 Å². The summed E-state index contributed by atoms with van der Waals surface area (Å²) in [5, 5.41) is 15.9. The van der Waals surface area contributed by atoms with Gasteiger partial charge in [0.1, 0.15) is 11.6 Å². The van der Waals surface area contributed by atoms with Gasteiger partial charge in [-0.3, -0.25) is 4.79 Å². The third kappa shape index (κ3) is 6.89. The van der Waals surface area contributed by atoms with Crippen molar-refractivity contribution in [3.8, 4) is 5.75 Å². The smallest absolute Gasteiger partial charge is 0.252 e. The van der Waals surface area contributed by atoms with E-state index in [-0.39, 0.29) is 37.7 Å². The average molecular weight is 594 g/mol. The second-order valence-corrected chi connectivity index (χ2v) is 10.3. The number of carbonyl (C=O) groups is 1. The third-order valence-electron chi connectivity index (χ3n) is 7.36. The van der Waals surface area contributed by atoms with Crippen LogP contribution in [0.5, 0.6) is 5.75 Å². The van der Waals surface area contributed by atoms with Gasteiger partial charge in [-0.1, -0.05) is 77.9 Å². The minimum atomic E-state index is -1.50. The number of aliphatic imine (C=N–C) groups is 1. The number of amides is 1. The maximum Gasteiger partial charge on any atom is 0.252 e. The first-order valence-electron chi connectivity index (χ1n) is 14.3. The molecule has 1 aliphatic heterocycles. The lowest BCUT2D eigenvalue weighted by molar-refractivity contribution is -0.128. The molecule has 4 aromatic carbocycles. The van der Waals surface area contributed by atoms with Crippen molar-refractivity contribution in [3.05, 3.63) is 142 Å². The van der Waals surface area contributed by atoms with Crippen LogP contribution in [-0.2, 0) is 22.4 Å². The highest BCUT2D eigenvalue weighted by Crippen LogP contribution is 2.45. The van der Waals surface area contributed by atoms with E-state index in [0.29, 0.717) is 41.2 Å². The molecule has 9 nitrogen and oxygen atoms in total. The predicted octanol–water partition coefficient (Wildman–Crippen LogP) is 6.39. The molecule has 0 aromatic heterocycles. The van der Waals surface area contributed by atoms with Gasteiger partial charge in [0.25, 0.3) is 5.91 Å². The normalized spacial score (nSPS) is 17.2. The summed E-state index contributed by atoms with van der Waals surface area (Å²) in [6.07, 6.45) is 0.0289. The van der Waals surface area contributed by atoms with E-state index in [2.05, 4.69) is 15.3 Å². The number of benzene rings is 4. The minimum absolute atomic E-state index is 0.0350. The van der Waals surface area contributed by atoms with E-state index in [0.717, 1.165) is 5.56 Å². The molecule has 1 amide bonds. The van der Waals surface area contributed by atoms with Gasteiger partial charge in [-0.25, -0.2) is 9.38 Å². The lowest BCUT2D eigenvalue weighted by Gasteiger charge is -2.31. The third-order valence-corrected chi connectivity index (χ3v) is 7.36. The topological polar surface area (TPSA) is 129 Å². The summed E-state index contributed by atoms with van der Waals surface area (Å²) in [6.45, 7) is 0.581. The fourth-order valence-electron chi connectivity index (χ4n) is 5.18. The predicted molar refractivity (Wildman–Crippen MR) is 165 cm³/mol. The molecule has 224 valence electrons. The van der Waals surface area contributed by atoms with E-state index in [9.17, 15) is 14.7 Å². The Bertz CT molecular complexity index is 1660. The van der Waals surface area contributed by atoms with Crippen LogP contribution in [0.25, 0.3) is 10.4 Å². The SMILES string of the molecule is [N-]=[N+]=Nc1ccccc1[C@H]1OC(c2ccc(OCCCO)cc2)=N[C@@]1(Cc1ccccc1)C(=O)NCCc1ccccc1F. The number of ether oxygens (including phenoxy) is 2. The van der Waals surface area contributed by atoms with Crippen LogP contribution in [0.1, 0.15) is 34.8 Å². The highest BCUT2D eigenvalue weighted by atomic mass is 19.1. The Kier molecular flexibility index (Phi) is 9.86. The van der Waals surface area contributed by atoms with E-state index >= 15 is 0 Å². The standard InChI is InChI=1S/C34H32FN5O4/c35-29-13-6-4-11-25(29)19-20-37-33(42)34(23-24-9-2-1-3-10-24)31(28-12-5-7-14-30(28)39-40-36)44-32(38-34)26-15-17-27(18-16-26)43-22-8-21-41/h1-7,9-18,31,41H,8,19-23H2,(H,37,42)/t31-,34-/m1/s1. The van der Waals surface area contributed by atoms with E-state index in [1.54, 1.807) is 66.7 Å². The Morgan fingerprint density at radius 3 is 2.50 bits per heavy atom. The second-order valence-electron chi connectivity index (χ2n) is 10.3. The molecule has 0 unspecified atom stereocenters. The zero-order chi connectivity index (χ0) is 30.8. The van der Waals surface area contributed by atoms with Gasteiger partial charge in [0.05, 0.1) is 6.61 Å². The number of halogens is 1. The van der Waals surface area contributed by atoms with Gasteiger partial charge in [-0.15, -0.1) is 0 Å². The molecule has 0 fully saturated rings. The van der Waals surface area contributed by atoms with Crippen molar-refractivity contribution in [2.24, 2.45) is 10.1 Å². The van der Waals surface area contributed by atoms with Gasteiger partial charge in [-0.2, -0.15) is 0 Å². The molecule has 1 aliphatic rings. The molecular formula is C34H32FN5O4. The van der Waals surface area contributed by atoms with E-state index in [1.807, 2.05) is 30.3 Å². The van der Waals surface area contributed by atoms with Gasteiger partial charge in [-0.05, 0) is 53.4 Å². The molecule has 0 bridgehead atoms. The first kappa shape index (κ1) is 30.3. The maximum atomic E-state index is 14.3. The van der Waals surface area contributed by atoms with E-state index in [4.69, 9.17) is 19.6 Å². The Labute approximate surface area is 254 Å². The van der Waals surface area contributed by atoms with Crippen LogP contribution in [0.2, 0.25) is 0 Å². The second kappa shape index (κ2) is 14.3. The number of nitrogens with one attached hydrogen (secondary N) is 1. The first-order chi connectivity index (χ1) is 21.5. The van der Waals surface area contributed by atoms with Gasteiger partial charge in [0, 0.05) is 47.7 Å². The number of azide groups is 1. The number of aliphatic hydroxyl groups is 1. The number of hydrogen-bond donors (Lipinski definition) is 2. The largest absolute Gasteiger partial charge is 0.494 e. The molecule has 0 radical (unpaired) electrons. The number of aliphatic hydroxyl groups excluding tert-OH is 1. The summed E-state index contributed by atoms with van der Waals surface area (Å²) in [5.74, 6) is 0.118. The fourth-order valence-corrected chi connectivity index (χ4v) is 5.18. The summed E-state index contributed by atoms with van der Waals surface area (Å²) in [7, 11) is 0. The molecular weight excluding hydrogens is 561 g/mol. The van der Waals surface area contributed by atoms with Crippen LogP contribution < -0.4 is 10.1 Å². The van der Waals surface area contributed by atoms with Crippen LogP contribution in [0.3, 0.4) is 0 Å². The molecule has 0 saturated carbocycles. The van der Waals surface area contributed by atoms with Crippen molar-refractivity contribution in [2.75, 3.05) is 19.8 Å². The first-order valence-corrected chi connectivity index (χ1v) is 14.3. The summed E-state index contributed by atoms with van der Waals surface area (Å²) in [5.41, 5.74) is 10.6. The quantitative estimate of drug-likeness (QED) is 0.0806. The van der Waals surface area contributed by atoms with Crippen molar-refractivity contribution in [3.63, 3.8) is 0 Å². The van der Waals surface area contributed by atoms with Crippen LogP contribution in [0.4, 0.5) is 10.1 Å². The molecule has 0 aliphatic carbocycles. The average Bonchev–Trinajstić information content (AvgIpc) is 3.43. The molecule has 4 aromatic rings. The Balaban J connectivity index is 1.55. The van der Waals surface area contributed by atoms with Crippen molar-refractivity contribution in [1.82, 2.24) is 5.32 Å². The van der Waals surface area contributed by atoms with Gasteiger partial charge in [0.15, 0.2) is 11.6 Å². The van der Waals surface area contributed by atoms with Crippen molar-refractivity contribution < 1.29 is 23.8 Å². The number of hydrogen-bond acceptors (Lipinski definition) is 6. The van der Waals surface area contributed by atoms with E-state index < -0.39 is 17.6 Å². The Hall–Kier alpha value is -5.18. The molecule has 0 saturated heterocycles. The van der Waals surface area contributed by atoms with Gasteiger partial charge < -0.3 is 19.9 Å². The monoisotopic (exact) mass is 593 g/mol. The Morgan fingerprint density at radius 1 is 1.02 bits per heavy atom. The highest BCUT2D eigenvalue weighted by molar-refractivity contribution is 6.01. The van der Waals surface area contributed by atoms with Crippen LogP contribution in [0.15, 0.2) is 113 Å². The highest BCUT2D eigenvalue weighted by Gasteiger charge is 2.53. The summed E-state index contributed by atoms with van der Waals surface area (Å²) < 4.78 is 26.5. The number of carbonyl (C=O) groups excluding carboxylic acids is 1. The Morgan fingerprint density at radius 2 is 1.75 bits per heavy atom. The molecule has 1 heterocycles. The van der Waals surface area contributed by atoms with Gasteiger partial charge >= 0.3 is 0 Å². The van der Waals surface area contributed by atoms with Crippen molar-refractivity contribution in [2.45, 2.75) is 30.9 Å². The van der Waals surface area contributed by atoms with Crippen LogP contribution in [0, 0.1) is 5.82 Å². The van der Waals surface area contributed by atoms with Crippen LogP contribution >= 0.6 is 0 Å². The van der Waals surface area contributed by atoms with Gasteiger partial charge in [0.2, 0.25) is 5.90 Å². The molecule has 2 atom stereocenters. The maximum absolute atomic E-state index is 14.3. The minimum Gasteiger partial charge on any atom is -0.494 e.